The van der Waals surface area contributed by atoms with Gasteiger partial charge in [0.25, 0.3) is 0 Å². The Bertz CT molecular complexity index is 359. The Morgan fingerprint density at radius 3 is 1.53 bits per heavy atom. The van der Waals surface area contributed by atoms with Gasteiger partial charge in [-0.15, -0.1) is 68.6 Å². The summed E-state index contributed by atoms with van der Waals surface area (Å²) in [5.74, 6) is 0. The quantitative estimate of drug-likeness (QED) is 0.528. The standard InChI is InChI=1S/C8H8Cl2Si.C2H3Cl3Si/c1-2-11(9,10)8-6-4-3-5-7-8;1-2-6(3,4)5/h2-7H,1H2;2H,1H2. The van der Waals surface area contributed by atoms with E-state index in [0.29, 0.717) is 0 Å². The maximum Gasteiger partial charge on any atom is 0.365 e. The Labute approximate surface area is 127 Å². The Morgan fingerprint density at radius 2 is 1.24 bits per heavy atom. The van der Waals surface area contributed by atoms with Gasteiger partial charge in [0.2, 0.25) is 0 Å². The van der Waals surface area contributed by atoms with E-state index in [1.54, 1.807) is 5.70 Å². The average Bonchev–Trinajstić information content (AvgIpc) is 2.30. The van der Waals surface area contributed by atoms with Crippen LogP contribution in [0.2, 0.25) is 0 Å². The van der Waals surface area contributed by atoms with E-state index in [1.807, 2.05) is 30.3 Å². The molecule has 0 aromatic heterocycles. The SMILES string of the molecule is C=C[Si](Cl)(Cl)Cl.C=C[Si](Cl)(Cl)c1ccccc1. The van der Waals surface area contributed by atoms with Gasteiger partial charge in [-0.25, -0.2) is 0 Å². The maximum absolute atomic E-state index is 6.03. The minimum Gasteiger partial charge on any atom is -0.134 e. The van der Waals surface area contributed by atoms with Crippen molar-refractivity contribution >= 4 is 73.3 Å². The molecule has 7 heteroatoms. The summed E-state index contributed by atoms with van der Waals surface area (Å²) < 4.78 is 0. The second-order valence-corrected chi connectivity index (χ2v) is 17.9. The second-order valence-electron chi connectivity index (χ2n) is 2.94. The van der Waals surface area contributed by atoms with Crippen molar-refractivity contribution < 1.29 is 0 Å². The smallest absolute Gasteiger partial charge is 0.134 e. The molecule has 1 rings (SSSR count). The highest BCUT2D eigenvalue weighted by atomic mass is 35.8. The van der Waals surface area contributed by atoms with E-state index in [1.165, 1.54) is 5.70 Å². The molecule has 0 amide bonds. The molecule has 0 saturated carbocycles. The van der Waals surface area contributed by atoms with Crippen LogP contribution < -0.4 is 5.19 Å². The summed E-state index contributed by atoms with van der Waals surface area (Å²) in [6.07, 6.45) is 0. The van der Waals surface area contributed by atoms with Gasteiger partial charge < -0.3 is 0 Å². The molecule has 0 unspecified atom stereocenters. The lowest BCUT2D eigenvalue weighted by molar-refractivity contribution is 1.76. The van der Waals surface area contributed by atoms with Crippen LogP contribution in [-0.2, 0) is 0 Å². The first-order valence-corrected chi connectivity index (χ1v) is 13.7. The first-order chi connectivity index (χ1) is 7.73. The molecule has 0 nitrogen and oxygen atoms in total. The van der Waals surface area contributed by atoms with Gasteiger partial charge in [-0.1, -0.05) is 41.7 Å². The van der Waals surface area contributed by atoms with Gasteiger partial charge in [0.05, 0.1) is 0 Å². The van der Waals surface area contributed by atoms with E-state index in [0.717, 1.165) is 5.19 Å². The molecule has 0 aliphatic carbocycles. The summed E-state index contributed by atoms with van der Waals surface area (Å²) in [6, 6.07) is 7.18. The topological polar surface area (TPSA) is 0 Å². The highest BCUT2D eigenvalue weighted by Crippen LogP contribution is 2.19. The largest absolute Gasteiger partial charge is 0.365 e. The van der Waals surface area contributed by atoms with Crippen LogP contribution in [0.3, 0.4) is 0 Å². The normalized spacial score (nSPS) is 11.1. The highest BCUT2D eigenvalue weighted by Gasteiger charge is 2.25. The molecule has 0 saturated heterocycles. The molecule has 1 aromatic rings. The Morgan fingerprint density at radius 1 is 0.824 bits per heavy atom. The van der Waals surface area contributed by atoms with Crippen molar-refractivity contribution in [2.24, 2.45) is 0 Å². The molecule has 0 spiro atoms. The number of benzene rings is 1. The fourth-order valence-electron chi connectivity index (χ4n) is 0.778. The number of hydrogen-bond acceptors (Lipinski definition) is 0. The van der Waals surface area contributed by atoms with E-state index in [-0.39, 0.29) is 0 Å². The molecule has 17 heavy (non-hydrogen) atoms. The van der Waals surface area contributed by atoms with Crippen molar-refractivity contribution in [1.29, 1.82) is 0 Å². The van der Waals surface area contributed by atoms with Gasteiger partial charge in [0.15, 0.2) is 0 Å². The summed E-state index contributed by atoms with van der Waals surface area (Å²) in [5, 5.41) is 0.985. The zero-order valence-corrected chi connectivity index (χ0v) is 14.6. The molecule has 94 valence electrons. The minimum absolute atomic E-state index is 0.985. The monoisotopic (exact) mass is 362 g/mol. The maximum atomic E-state index is 6.03. The highest BCUT2D eigenvalue weighted by molar-refractivity contribution is 7.66. The minimum atomic E-state index is -2.45. The number of halogens is 5. The van der Waals surface area contributed by atoms with Crippen molar-refractivity contribution in [1.82, 2.24) is 0 Å². The van der Waals surface area contributed by atoms with Crippen LogP contribution in [0.15, 0.2) is 54.9 Å². The summed E-state index contributed by atoms with van der Waals surface area (Å²) >= 11 is 27.9. The van der Waals surface area contributed by atoms with Crippen molar-refractivity contribution in [3.63, 3.8) is 0 Å². The van der Waals surface area contributed by atoms with Crippen molar-refractivity contribution in [3.05, 3.63) is 54.9 Å². The molecule has 0 atom stereocenters. The van der Waals surface area contributed by atoms with E-state index in [9.17, 15) is 0 Å². The Kier molecular flexibility index (Phi) is 8.17. The third kappa shape index (κ3) is 8.32. The third-order valence-corrected chi connectivity index (χ3v) is 7.35. The lowest BCUT2D eigenvalue weighted by Gasteiger charge is -2.10. The van der Waals surface area contributed by atoms with E-state index >= 15 is 0 Å². The molecule has 0 heterocycles. The van der Waals surface area contributed by atoms with Crippen LogP contribution in [0.4, 0.5) is 0 Å². The van der Waals surface area contributed by atoms with Crippen LogP contribution in [0.5, 0.6) is 0 Å². The van der Waals surface area contributed by atoms with Gasteiger partial charge in [0, 0.05) is 0 Å². The van der Waals surface area contributed by atoms with Gasteiger partial charge in [-0.05, 0) is 5.19 Å². The predicted molar refractivity (Wildman–Crippen MR) is 87.2 cm³/mol. The number of hydrogen-bond donors (Lipinski definition) is 0. The molecule has 1 aromatic carbocycles. The predicted octanol–water partition coefficient (Wildman–Crippen LogP) is 4.91. The van der Waals surface area contributed by atoms with Gasteiger partial charge >= 0.3 is 12.7 Å². The molecule has 0 fully saturated rings. The van der Waals surface area contributed by atoms with Crippen molar-refractivity contribution in [2.45, 2.75) is 0 Å². The molecule has 0 aliphatic rings. The van der Waals surface area contributed by atoms with Gasteiger partial charge in [-0.2, -0.15) is 0 Å². The van der Waals surface area contributed by atoms with Crippen LogP contribution in [0.25, 0.3) is 0 Å². The lowest BCUT2D eigenvalue weighted by Crippen LogP contribution is -2.33. The molecule has 0 aliphatic heterocycles. The van der Waals surface area contributed by atoms with Crippen LogP contribution in [0.1, 0.15) is 0 Å². The lowest BCUT2D eigenvalue weighted by atomic mass is 10.4. The second kappa shape index (κ2) is 7.90. The van der Waals surface area contributed by atoms with E-state index < -0.39 is 12.7 Å². The van der Waals surface area contributed by atoms with Crippen LogP contribution >= 0.6 is 55.4 Å². The summed E-state index contributed by atoms with van der Waals surface area (Å²) in [7, 11) is 0. The van der Waals surface area contributed by atoms with Gasteiger partial charge in [0.1, 0.15) is 0 Å². The zero-order chi connectivity index (χ0) is 13.5. The molecular weight excluding hydrogens is 354 g/mol. The molecule has 0 radical (unpaired) electrons. The first kappa shape index (κ1) is 17.6. The van der Waals surface area contributed by atoms with Crippen molar-refractivity contribution in [2.75, 3.05) is 0 Å². The van der Waals surface area contributed by atoms with Crippen LogP contribution in [-0.4, -0.2) is 12.7 Å². The van der Waals surface area contributed by atoms with E-state index in [2.05, 4.69) is 13.2 Å². The summed E-state index contributed by atoms with van der Waals surface area (Å²) in [4.78, 5) is 0. The average molecular weight is 365 g/mol. The Hall–Kier alpha value is 0.584. The fraction of sp³-hybridized carbons (Fsp3) is 0. The molecule has 0 N–H and O–H groups in total. The summed E-state index contributed by atoms with van der Waals surface area (Å²) in [6.45, 7) is 4.56. The van der Waals surface area contributed by atoms with Crippen molar-refractivity contribution in [3.8, 4) is 0 Å². The molecule has 0 bridgehead atoms. The third-order valence-electron chi connectivity index (χ3n) is 1.65. The Balaban J connectivity index is 0.000000366. The van der Waals surface area contributed by atoms with E-state index in [4.69, 9.17) is 55.4 Å². The summed E-state index contributed by atoms with van der Waals surface area (Å²) in [5.41, 5.74) is 3.02. The zero-order valence-electron chi connectivity index (χ0n) is 8.85. The fourth-order valence-corrected chi connectivity index (χ4v) is 2.41. The first-order valence-electron chi connectivity index (χ1n) is 4.50. The molecular formula is C10H11Cl5Si2. The van der Waals surface area contributed by atoms with Gasteiger partial charge in [-0.3, -0.25) is 0 Å². The number of rotatable bonds is 3. The van der Waals surface area contributed by atoms with Crippen LogP contribution in [0, 0.1) is 0 Å².